The molecule has 4 nitrogen and oxygen atoms in total. The maximum absolute atomic E-state index is 10.8. The number of nitrogens with zero attached hydrogens (tertiary/aromatic N) is 1. The third-order valence-electron chi connectivity index (χ3n) is 1.97. The fourth-order valence-electron chi connectivity index (χ4n) is 1.38. The Kier molecular flexibility index (Phi) is 2.68. The fourth-order valence-corrected chi connectivity index (χ4v) is 1.38. The number of carbonyl (C=O) groups excluding carboxylic acids is 2. The maximum atomic E-state index is 10.8. The van der Waals surface area contributed by atoms with Gasteiger partial charge in [0.1, 0.15) is 5.78 Å². The second kappa shape index (κ2) is 3.56. The molecule has 0 bridgehead atoms. The number of amides is 1. The van der Waals surface area contributed by atoms with Crippen LogP contribution in [0.3, 0.4) is 0 Å². The van der Waals surface area contributed by atoms with Crippen LogP contribution >= 0.6 is 0 Å². The topological polar surface area (TPSA) is 46.6 Å². The minimum Gasteiger partial charge on any atom is -0.453 e. The van der Waals surface area contributed by atoms with Crippen molar-refractivity contribution >= 4 is 11.9 Å². The molecule has 1 fully saturated rings. The van der Waals surface area contributed by atoms with Crippen LogP contribution in [0.2, 0.25) is 0 Å². The molecule has 0 aromatic rings. The third-order valence-corrected chi connectivity index (χ3v) is 1.97. The van der Waals surface area contributed by atoms with E-state index in [-0.39, 0.29) is 11.9 Å². The number of likely N-dealkylation sites (tertiary alicyclic amines) is 1. The van der Waals surface area contributed by atoms with E-state index in [1.165, 1.54) is 7.11 Å². The normalized spacial score (nSPS) is 17.0. The molecule has 0 radical (unpaired) electrons. The molecule has 1 heterocycles. The quantitative estimate of drug-likeness (QED) is 0.613. The molecular formula is C8H13NO3. The van der Waals surface area contributed by atoms with Crippen LogP contribution in [0.4, 0.5) is 4.79 Å². The van der Waals surface area contributed by atoms with Crippen molar-refractivity contribution in [3.05, 3.63) is 0 Å². The van der Waals surface area contributed by atoms with E-state index in [2.05, 4.69) is 4.74 Å². The number of hydrogen-bond donors (Lipinski definition) is 0. The van der Waals surface area contributed by atoms with Crippen LogP contribution in [-0.4, -0.2) is 37.0 Å². The van der Waals surface area contributed by atoms with E-state index in [1.807, 2.05) is 0 Å². The van der Waals surface area contributed by atoms with Gasteiger partial charge in [0.15, 0.2) is 0 Å². The summed E-state index contributed by atoms with van der Waals surface area (Å²) >= 11 is 0. The number of rotatable bonds is 2. The first-order chi connectivity index (χ1) is 5.63. The minimum absolute atomic E-state index is 0.185. The third kappa shape index (κ3) is 1.96. The Hall–Kier alpha value is -1.06. The van der Waals surface area contributed by atoms with Crippen molar-refractivity contribution in [1.82, 2.24) is 4.90 Å². The van der Waals surface area contributed by atoms with E-state index < -0.39 is 0 Å². The Bertz CT molecular complexity index is 196. The Balaban J connectivity index is 2.20. The number of hydrogen-bond acceptors (Lipinski definition) is 3. The highest BCUT2D eigenvalue weighted by Gasteiger charge is 2.31. The summed E-state index contributed by atoms with van der Waals surface area (Å²) in [6.45, 7) is 2.89. The lowest BCUT2D eigenvalue weighted by molar-refractivity contribution is -0.119. The molecule has 0 saturated carbocycles. The van der Waals surface area contributed by atoms with Crippen molar-refractivity contribution in [2.75, 3.05) is 20.2 Å². The highest BCUT2D eigenvalue weighted by Crippen LogP contribution is 2.19. The Morgan fingerprint density at radius 3 is 2.50 bits per heavy atom. The molecule has 1 aliphatic heterocycles. The predicted molar refractivity (Wildman–Crippen MR) is 42.8 cm³/mol. The van der Waals surface area contributed by atoms with Gasteiger partial charge in [0, 0.05) is 25.4 Å². The van der Waals surface area contributed by atoms with Gasteiger partial charge in [0.25, 0.3) is 0 Å². The summed E-state index contributed by atoms with van der Waals surface area (Å²) in [5, 5.41) is 0. The van der Waals surface area contributed by atoms with Crippen LogP contribution in [0.15, 0.2) is 0 Å². The lowest BCUT2D eigenvalue weighted by Crippen LogP contribution is -2.50. The number of Topliss-reactive ketones (excluding diaryl/α,β-unsaturated/α-hetero) is 1. The fraction of sp³-hybridized carbons (Fsp3) is 0.750. The van der Waals surface area contributed by atoms with E-state index in [0.717, 1.165) is 0 Å². The van der Waals surface area contributed by atoms with Crippen molar-refractivity contribution in [1.29, 1.82) is 0 Å². The lowest BCUT2D eigenvalue weighted by atomic mass is 9.95. The van der Waals surface area contributed by atoms with Crippen molar-refractivity contribution < 1.29 is 14.3 Å². The second-order valence-electron chi connectivity index (χ2n) is 3.15. The average Bonchev–Trinajstić information content (AvgIpc) is 1.94. The first-order valence-electron chi connectivity index (χ1n) is 3.95. The van der Waals surface area contributed by atoms with Crippen LogP contribution in [0.1, 0.15) is 13.3 Å². The molecular weight excluding hydrogens is 158 g/mol. The monoisotopic (exact) mass is 171 g/mol. The zero-order valence-electron chi connectivity index (χ0n) is 7.37. The molecule has 0 aromatic heterocycles. The van der Waals surface area contributed by atoms with Crippen molar-refractivity contribution in [2.45, 2.75) is 13.3 Å². The smallest absolute Gasteiger partial charge is 0.409 e. The Morgan fingerprint density at radius 1 is 1.50 bits per heavy atom. The van der Waals surface area contributed by atoms with Crippen LogP contribution in [0.5, 0.6) is 0 Å². The second-order valence-corrected chi connectivity index (χ2v) is 3.15. The Morgan fingerprint density at radius 2 is 2.08 bits per heavy atom. The van der Waals surface area contributed by atoms with Gasteiger partial charge in [-0.15, -0.1) is 0 Å². The molecule has 1 amide bonds. The first kappa shape index (κ1) is 9.03. The van der Waals surface area contributed by atoms with Gasteiger partial charge in [-0.2, -0.15) is 0 Å². The van der Waals surface area contributed by atoms with Crippen LogP contribution in [0.25, 0.3) is 0 Å². The molecule has 0 spiro atoms. The van der Waals surface area contributed by atoms with Gasteiger partial charge < -0.3 is 14.4 Å². The van der Waals surface area contributed by atoms with Gasteiger partial charge in [-0.1, -0.05) is 0 Å². The summed E-state index contributed by atoms with van der Waals surface area (Å²) in [4.78, 5) is 23.1. The highest BCUT2D eigenvalue weighted by atomic mass is 16.5. The SMILES string of the molecule is COC(=O)N1CC(CC(C)=O)C1. The predicted octanol–water partition coefficient (Wildman–Crippen LogP) is 0.664. The number of carbonyl (C=O) groups is 2. The van der Waals surface area contributed by atoms with Crippen molar-refractivity contribution in [2.24, 2.45) is 5.92 Å². The molecule has 0 aromatic carbocycles. The maximum Gasteiger partial charge on any atom is 0.409 e. The number of ether oxygens (including phenoxy) is 1. The zero-order valence-corrected chi connectivity index (χ0v) is 7.37. The van der Waals surface area contributed by atoms with E-state index >= 15 is 0 Å². The molecule has 68 valence electrons. The molecule has 0 atom stereocenters. The standard InChI is InChI=1S/C8H13NO3/c1-6(10)3-7-4-9(5-7)8(11)12-2/h7H,3-5H2,1-2H3. The minimum atomic E-state index is -0.296. The van der Waals surface area contributed by atoms with Gasteiger partial charge in [-0.25, -0.2) is 4.79 Å². The van der Waals surface area contributed by atoms with Gasteiger partial charge in [0.2, 0.25) is 0 Å². The van der Waals surface area contributed by atoms with Gasteiger partial charge in [-0.05, 0) is 6.92 Å². The number of methoxy groups -OCH3 is 1. The molecule has 0 N–H and O–H groups in total. The van der Waals surface area contributed by atoms with E-state index in [9.17, 15) is 9.59 Å². The summed E-state index contributed by atoms with van der Waals surface area (Å²) < 4.78 is 4.51. The molecule has 0 unspecified atom stereocenters. The summed E-state index contributed by atoms with van der Waals surface area (Å²) in [7, 11) is 1.36. The van der Waals surface area contributed by atoms with Gasteiger partial charge in [0.05, 0.1) is 7.11 Å². The van der Waals surface area contributed by atoms with Crippen LogP contribution < -0.4 is 0 Å². The first-order valence-corrected chi connectivity index (χ1v) is 3.95. The Labute approximate surface area is 71.5 Å². The molecule has 1 rings (SSSR count). The summed E-state index contributed by atoms with van der Waals surface area (Å²) in [6, 6.07) is 0. The largest absolute Gasteiger partial charge is 0.453 e. The molecule has 4 heteroatoms. The van der Waals surface area contributed by atoms with E-state index in [4.69, 9.17) is 0 Å². The summed E-state index contributed by atoms with van der Waals surface area (Å²) in [5.74, 6) is 0.533. The van der Waals surface area contributed by atoms with E-state index in [0.29, 0.717) is 25.4 Å². The number of ketones is 1. The van der Waals surface area contributed by atoms with Crippen LogP contribution in [0, 0.1) is 5.92 Å². The van der Waals surface area contributed by atoms with Crippen LogP contribution in [-0.2, 0) is 9.53 Å². The lowest BCUT2D eigenvalue weighted by Gasteiger charge is -2.37. The molecule has 0 aliphatic carbocycles. The van der Waals surface area contributed by atoms with Crippen molar-refractivity contribution in [3.63, 3.8) is 0 Å². The van der Waals surface area contributed by atoms with Gasteiger partial charge >= 0.3 is 6.09 Å². The zero-order chi connectivity index (χ0) is 9.14. The highest BCUT2D eigenvalue weighted by molar-refractivity contribution is 5.76. The molecule has 1 aliphatic rings. The van der Waals surface area contributed by atoms with Gasteiger partial charge in [-0.3, -0.25) is 0 Å². The summed E-state index contributed by atoms with van der Waals surface area (Å²) in [5.41, 5.74) is 0. The van der Waals surface area contributed by atoms with E-state index in [1.54, 1.807) is 11.8 Å². The summed E-state index contributed by atoms with van der Waals surface area (Å²) in [6.07, 6.45) is 0.280. The van der Waals surface area contributed by atoms with Crippen molar-refractivity contribution in [3.8, 4) is 0 Å². The molecule has 12 heavy (non-hydrogen) atoms. The average molecular weight is 171 g/mol. The molecule has 1 saturated heterocycles.